The fourth-order valence-electron chi connectivity index (χ4n) is 1.80. The first-order valence-electron chi connectivity index (χ1n) is 5.54. The molecular formula is C12H20N2O. The normalized spacial score (nSPS) is 11.1. The number of Topliss-reactive ketones (excluding diaryl/α,β-unsaturated/α-hetero) is 1. The molecule has 0 bridgehead atoms. The minimum absolute atomic E-state index is 0.194. The molecule has 0 aliphatic heterocycles. The summed E-state index contributed by atoms with van der Waals surface area (Å²) in [6.45, 7) is 11.0. The van der Waals surface area contributed by atoms with E-state index < -0.39 is 0 Å². The number of hydrogen-bond donors (Lipinski definition) is 0. The highest BCUT2D eigenvalue weighted by molar-refractivity contribution is 5.97. The van der Waals surface area contributed by atoms with Gasteiger partial charge in [0.05, 0.1) is 11.3 Å². The van der Waals surface area contributed by atoms with Crippen molar-refractivity contribution in [2.45, 2.75) is 47.6 Å². The van der Waals surface area contributed by atoms with Crippen molar-refractivity contribution in [2.75, 3.05) is 0 Å². The van der Waals surface area contributed by atoms with Crippen LogP contribution in [0.4, 0.5) is 0 Å². The van der Waals surface area contributed by atoms with Gasteiger partial charge in [-0.2, -0.15) is 5.10 Å². The predicted molar refractivity (Wildman–Crippen MR) is 61.2 cm³/mol. The van der Waals surface area contributed by atoms with Crippen molar-refractivity contribution in [2.24, 2.45) is 5.92 Å². The Kier molecular flexibility index (Phi) is 3.66. The number of hydrogen-bond acceptors (Lipinski definition) is 2. The molecule has 0 aliphatic rings. The van der Waals surface area contributed by atoms with Crippen LogP contribution in [-0.2, 0) is 6.54 Å². The van der Waals surface area contributed by atoms with Gasteiger partial charge in [-0.15, -0.1) is 0 Å². The topological polar surface area (TPSA) is 34.9 Å². The summed E-state index contributed by atoms with van der Waals surface area (Å²) in [5, 5.41) is 4.42. The molecule has 3 nitrogen and oxygen atoms in total. The summed E-state index contributed by atoms with van der Waals surface area (Å²) in [6.07, 6.45) is 0.551. The SMILES string of the molecule is CCC(=O)c1c(C)nn(CC(C)C)c1C. The minimum atomic E-state index is 0.194. The van der Waals surface area contributed by atoms with E-state index in [1.807, 2.05) is 25.5 Å². The molecule has 0 amide bonds. The molecule has 0 atom stereocenters. The summed E-state index contributed by atoms with van der Waals surface area (Å²) >= 11 is 0. The second-order valence-corrected chi connectivity index (χ2v) is 4.40. The largest absolute Gasteiger partial charge is 0.294 e. The zero-order chi connectivity index (χ0) is 11.6. The van der Waals surface area contributed by atoms with Gasteiger partial charge in [0.1, 0.15) is 0 Å². The van der Waals surface area contributed by atoms with Gasteiger partial charge in [-0.3, -0.25) is 9.48 Å². The Morgan fingerprint density at radius 1 is 1.40 bits per heavy atom. The smallest absolute Gasteiger partial charge is 0.166 e. The Balaban J connectivity index is 3.09. The van der Waals surface area contributed by atoms with Crippen LogP contribution >= 0.6 is 0 Å². The van der Waals surface area contributed by atoms with E-state index in [0.717, 1.165) is 23.5 Å². The van der Waals surface area contributed by atoms with E-state index in [-0.39, 0.29) is 5.78 Å². The van der Waals surface area contributed by atoms with E-state index in [1.54, 1.807) is 0 Å². The molecule has 0 spiro atoms. The summed E-state index contributed by atoms with van der Waals surface area (Å²) in [5.74, 6) is 0.743. The number of carbonyl (C=O) groups excluding carboxylic acids is 1. The zero-order valence-electron chi connectivity index (χ0n) is 10.3. The van der Waals surface area contributed by atoms with Gasteiger partial charge < -0.3 is 0 Å². The van der Waals surface area contributed by atoms with E-state index in [0.29, 0.717) is 12.3 Å². The van der Waals surface area contributed by atoms with Gasteiger partial charge in [-0.25, -0.2) is 0 Å². The maximum Gasteiger partial charge on any atom is 0.166 e. The van der Waals surface area contributed by atoms with Gasteiger partial charge in [0.15, 0.2) is 5.78 Å². The lowest BCUT2D eigenvalue weighted by molar-refractivity contribution is 0.0987. The van der Waals surface area contributed by atoms with Crippen molar-refractivity contribution in [1.29, 1.82) is 0 Å². The third-order valence-corrected chi connectivity index (χ3v) is 2.52. The number of ketones is 1. The Bertz CT molecular complexity index is 364. The maximum atomic E-state index is 11.7. The second-order valence-electron chi connectivity index (χ2n) is 4.40. The molecule has 0 saturated heterocycles. The van der Waals surface area contributed by atoms with Crippen LogP contribution in [0, 0.1) is 19.8 Å². The molecule has 0 fully saturated rings. The number of carbonyl (C=O) groups is 1. The highest BCUT2D eigenvalue weighted by atomic mass is 16.1. The number of rotatable bonds is 4. The molecule has 0 radical (unpaired) electrons. The van der Waals surface area contributed by atoms with Gasteiger partial charge in [0.25, 0.3) is 0 Å². The highest BCUT2D eigenvalue weighted by Gasteiger charge is 2.17. The molecule has 0 aliphatic carbocycles. The van der Waals surface area contributed by atoms with E-state index in [9.17, 15) is 4.79 Å². The third kappa shape index (κ3) is 2.46. The van der Waals surface area contributed by atoms with E-state index >= 15 is 0 Å². The number of aromatic nitrogens is 2. The zero-order valence-corrected chi connectivity index (χ0v) is 10.3. The Morgan fingerprint density at radius 2 is 2.00 bits per heavy atom. The molecule has 3 heteroatoms. The fourth-order valence-corrected chi connectivity index (χ4v) is 1.80. The molecule has 1 aromatic heterocycles. The van der Waals surface area contributed by atoms with Crippen LogP contribution in [0.5, 0.6) is 0 Å². The van der Waals surface area contributed by atoms with Gasteiger partial charge in [-0.05, 0) is 19.8 Å². The van der Waals surface area contributed by atoms with Crippen LogP contribution in [0.1, 0.15) is 48.9 Å². The molecule has 15 heavy (non-hydrogen) atoms. The lowest BCUT2D eigenvalue weighted by Crippen LogP contribution is -2.08. The summed E-state index contributed by atoms with van der Waals surface area (Å²) < 4.78 is 1.95. The second kappa shape index (κ2) is 4.60. The molecule has 0 saturated carbocycles. The molecule has 0 aromatic carbocycles. The Hall–Kier alpha value is -1.12. The standard InChI is InChI=1S/C12H20N2O/c1-6-11(15)12-9(4)13-14(10(12)5)7-8(2)3/h8H,6-7H2,1-5H3. The van der Waals surface area contributed by atoms with Crippen LogP contribution in [0.3, 0.4) is 0 Å². The summed E-state index contributed by atoms with van der Waals surface area (Å²) in [7, 11) is 0. The van der Waals surface area contributed by atoms with Crippen LogP contribution in [0.15, 0.2) is 0 Å². The van der Waals surface area contributed by atoms with Crippen molar-refractivity contribution in [1.82, 2.24) is 9.78 Å². The van der Waals surface area contributed by atoms with Gasteiger partial charge >= 0.3 is 0 Å². The van der Waals surface area contributed by atoms with E-state index in [1.165, 1.54) is 0 Å². The lowest BCUT2D eigenvalue weighted by atomic mass is 10.1. The van der Waals surface area contributed by atoms with Crippen molar-refractivity contribution >= 4 is 5.78 Å². The first-order valence-corrected chi connectivity index (χ1v) is 5.54. The van der Waals surface area contributed by atoms with Crippen molar-refractivity contribution < 1.29 is 4.79 Å². The van der Waals surface area contributed by atoms with Crippen LogP contribution < -0.4 is 0 Å². The van der Waals surface area contributed by atoms with Crippen molar-refractivity contribution in [3.05, 3.63) is 17.0 Å². The first-order chi connectivity index (χ1) is 6.97. The first kappa shape index (κ1) is 12.0. The third-order valence-electron chi connectivity index (χ3n) is 2.52. The van der Waals surface area contributed by atoms with Gasteiger partial charge in [0.2, 0.25) is 0 Å². The average molecular weight is 208 g/mol. The molecule has 1 aromatic rings. The molecule has 0 N–H and O–H groups in total. The monoisotopic (exact) mass is 208 g/mol. The summed E-state index contributed by atoms with van der Waals surface area (Å²) in [4.78, 5) is 11.7. The van der Waals surface area contributed by atoms with Crippen LogP contribution in [0.25, 0.3) is 0 Å². The predicted octanol–water partition coefficient (Wildman–Crippen LogP) is 2.75. The number of aryl methyl sites for hydroxylation is 1. The lowest BCUT2D eigenvalue weighted by Gasteiger charge is -2.07. The summed E-state index contributed by atoms with van der Waals surface area (Å²) in [5.41, 5.74) is 2.69. The Labute approximate surface area is 91.5 Å². The molecule has 0 unspecified atom stereocenters. The van der Waals surface area contributed by atoms with Crippen molar-refractivity contribution in [3.8, 4) is 0 Å². The average Bonchev–Trinajstić information content (AvgIpc) is 2.40. The van der Waals surface area contributed by atoms with E-state index in [4.69, 9.17) is 0 Å². The van der Waals surface area contributed by atoms with Crippen LogP contribution in [0.2, 0.25) is 0 Å². The Morgan fingerprint density at radius 3 is 2.47 bits per heavy atom. The van der Waals surface area contributed by atoms with E-state index in [2.05, 4.69) is 18.9 Å². The van der Waals surface area contributed by atoms with Crippen molar-refractivity contribution in [3.63, 3.8) is 0 Å². The number of nitrogens with zero attached hydrogens (tertiary/aromatic N) is 2. The quantitative estimate of drug-likeness (QED) is 0.713. The van der Waals surface area contributed by atoms with Gasteiger partial charge in [-0.1, -0.05) is 20.8 Å². The molecule has 1 heterocycles. The summed E-state index contributed by atoms with van der Waals surface area (Å²) in [6, 6.07) is 0. The maximum absolute atomic E-state index is 11.7. The molecule has 84 valence electrons. The molecular weight excluding hydrogens is 188 g/mol. The highest BCUT2D eigenvalue weighted by Crippen LogP contribution is 2.16. The van der Waals surface area contributed by atoms with Gasteiger partial charge in [0, 0.05) is 18.7 Å². The molecule has 1 rings (SSSR count). The fraction of sp³-hybridized carbons (Fsp3) is 0.667. The van der Waals surface area contributed by atoms with Crippen LogP contribution in [-0.4, -0.2) is 15.6 Å². The minimum Gasteiger partial charge on any atom is -0.294 e.